The van der Waals surface area contributed by atoms with E-state index in [4.69, 9.17) is 24.7 Å². The third kappa shape index (κ3) is 5.77. The highest BCUT2D eigenvalue weighted by Gasteiger charge is 2.09. The van der Waals surface area contributed by atoms with Gasteiger partial charge >= 0.3 is 0 Å². The zero-order valence-electron chi connectivity index (χ0n) is 12.4. The zero-order chi connectivity index (χ0) is 14.6. The second kappa shape index (κ2) is 10.5. The average molecular weight is 283 g/mol. The first-order valence-electron chi connectivity index (χ1n) is 6.97. The molecule has 0 saturated carbocycles. The molecule has 0 radical (unpaired) electrons. The minimum Gasteiger partial charge on any atom is -0.490 e. The molecular formula is C15H25NO4. The monoisotopic (exact) mass is 283 g/mol. The molecular weight excluding hydrogens is 258 g/mol. The molecule has 20 heavy (non-hydrogen) atoms. The van der Waals surface area contributed by atoms with Gasteiger partial charge in [0.2, 0.25) is 0 Å². The summed E-state index contributed by atoms with van der Waals surface area (Å²) in [6.07, 6.45) is 0.814. The minimum absolute atomic E-state index is 0.431. The molecule has 1 aromatic rings. The molecule has 0 bridgehead atoms. The van der Waals surface area contributed by atoms with Gasteiger partial charge in [0, 0.05) is 32.2 Å². The lowest BCUT2D eigenvalue weighted by atomic mass is 10.2. The fourth-order valence-corrected chi connectivity index (χ4v) is 1.73. The summed E-state index contributed by atoms with van der Waals surface area (Å²) in [7, 11) is 1.66. The van der Waals surface area contributed by atoms with Crippen LogP contribution in [0.15, 0.2) is 18.2 Å². The zero-order valence-corrected chi connectivity index (χ0v) is 12.4. The largest absolute Gasteiger partial charge is 0.490 e. The van der Waals surface area contributed by atoms with Gasteiger partial charge in [-0.1, -0.05) is 12.1 Å². The highest BCUT2D eigenvalue weighted by molar-refractivity contribution is 5.46. The van der Waals surface area contributed by atoms with Crippen molar-refractivity contribution < 1.29 is 18.9 Å². The molecule has 0 spiro atoms. The molecule has 114 valence electrons. The molecule has 0 saturated heterocycles. The molecule has 0 aliphatic heterocycles. The highest BCUT2D eigenvalue weighted by Crippen LogP contribution is 2.31. The van der Waals surface area contributed by atoms with Crippen LogP contribution in [-0.2, 0) is 16.0 Å². The Bertz CT molecular complexity index is 371. The molecule has 2 N–H and O–H groups in total. The summed E-state index contributed by atoms with van der Waals surface area (Å²) in [5.41, 5.74) is 6.68. The topological polar surface area (TPSA) is 62.9 Å². The number of hydrogen-bond acceptors (Lipinski definition) is 5. The molecule has 0 atom stereocenters. The Balaban J connectivity index is 2.41. The summed E-state index contributed by atoms with van der Waals surface area (Å²) in [4.78, 5) is 0. The Labute approximate surface area is 121 Å². The standard InChI is InChI=1S/C15H25NO4/c1-3-19-14-7-4-6-13(12-16)15(14)20-9-5-8-18-11-10-17-2/h4,6-7H,3,5,8-12,16H2,1-2H3. The normalized spacial score (nSPS) is 10.6. The van der Waals surface area contributed by atoms with E-state index in [1.807, 2.05) is 25.1 Å². The summed E-state index contributed by atoms with van der Waals surface area (Å²) in [6, 6.07) is 5.77. The van der Waals surface area contributed by atoms with Crippen molar-refractivity contribution in [2.24, 2.45) is 5.73 Å². The van der Waals surface area contributed by atoms with Crippen LogP contribution in [0.1, 0.15) is 18.9 Å². The lowest BCUT2D eigenvalue weighted by molar-refractivity contribution is 0.0642. The Morgan fingerprint density at radius 1 is 1.05 bits per heavy atom. The minimum atomic E-state index is 0.431. The fraction of sp³-hybridized carbons (Fsp3) is 0.600. The van der Waals surface area contributed by atoms with E-state index in [1.54, 1.807) is 7.11 Å². The van der Waals surface area contributed by atoms with Crippen molar-refractivity contribution in [1.82, 2.24) is 0 Å². The van der Waals surface area contributed by atoms with Crippen LogP contribution >= 0.6 is 0 Å². The number of benzene rings is 1. The quantitative estimate of drug-likeness (QED) is 0.629. The van der Waals surface area contributed by atoms with Crippen molar-refractivity contribution in [3.8, 4) is 11.5 Å². The van der Waals surface area contributed by atoms with Gasteiger partial charge in [0.15, 0.2) is 11.5 Å². The Morgan fingerprint density at radius 3 is 2.60 bits per heavy atom. The molecule has 1 rings (SSSR count). The summed E-state index contributed by atoms with van der Waals surface area (Å²) in [5, 5.41) is 0. The maximum Gasteiger partial charge on any atom is 0.165 e. The number of hydrogen-bond donors (Lipinski definition) is 1. The third-order valence-corrected chi connectivity index (χ3v) is 2.69. The van der Waals surface area contributed by atoms with Crippen LogP contribution in [0.25, 0.3) is 0 Å². The van der Waals surface area contributed by atoms with Crippen molar-refractivity contribution in [3.05, 3.63) is 23.8 Å². The van der Waals surface area contributed by atoms with E-state index in [9.17, 15) is 0 Å². The van der Waals surface area contributed by atoms with E-state index < -0.39 is 0 Å². The van der Waals surface area contributed by atoms with E-state index in [0.29, 0.717) is 39.6 Å². The van der Waals surface area contributed by atoms with Crippen molar-refractivity contribution in [3.63, 3.8) is 0 Å². The second-order valence-corrected chi connectivity index (χ2v) is 4.19. The number of para-hydroxylation sites is 1. The first-order valence-corrected chi connectivity index (χ1v) is 6.97. The van der Waals surface area contributed by atoms with Gasteiger partial charge < -0.3 is 24.7 Å². The summed E-state index contributed by atoms with van der Waals surface area (Å²) in [6.45, 7) is 5.43. The van der Waals surface area contributed by atoms with Gasteiger partial charge in [-0.3, -0.25) is 0 Å². The average Bonchev–Trinajstić information content (AvgIpc) is 2.47. The Kier molecular flexibility index (Phi) is 8.78. The van der Waals surface area contributed by atoms with E-state index in [1.165, 1.54) is 0 Å². The van der Waals surface area contributed by atoms with Gasteiger partial charge in [-0.05, 0) is 13.0 Å². The molecule has 0 unspecified atom stereocenters. The van der Waals surface area contributed by atoms with E-state index in [2.05, 4.69) is 0 Å². The second-order valence-electron chi connectivity index (χ2n) is 4.19. The Hall–Kier alpha value is -1.30. The molecule has 0 aliphatic rings. The van der Waals surface area contributed by atoms with Crippen LogP contribution in [0.2, 0.25) is 0 Å². The lowest BCUT2D eigenvalue weighted by Crippen LogP contribution is -2.09. The van der Waals surface area contributed by atoms with Crippen LogP contribution in [0, 0.1) is 0 Å². The molecule has 1 aromatic carbocycles. The van der Waals surface area contributed by atoms with E-state index >= 15 is 0 Å². The Morgan fingerprint density at radius 2 is 1.90 bits per heavy atom. The van der Waals surface area contributed by atoms with E-state index in [0.717, 1.165) is 23.5 Å². The summed E-state index contributed by atoms with van der Waals surface area (Å²) in [5.74, 6) is 1.49. The van der Waals surface area contributed by atoms with Crippen molar-refractivity contribution in [2.75, 3.05) is 40.1 Å². The third-order valence-electron chi connectivity index (χ3n) is 2.69. The fourth-order valence-electron chi connectivity index (χ4n) is 1.73. The molecule has 5 nitrogen and oxygen atoms in total. The molecule has 5 heteroatoms. The summed E-state index contributed by atoms with van der Waals surface area (Å²) >= 11 is 0. The highest BCUT2D eigenvalue weighted by atomic mass is 16.5. The maximum atomic E-state index is 5.80. The van der Waals surface area contributed by atoms with Crippen LogP contribution in [0.5, 0.6) is 11.5 Å². The molecule has 0 amide bonds. The van der Waals surface area contributed by atoms with E-state index in [-0.39, 0.29) is 0 Å². The predicted molar refractivity (Wildman–Crippen MR) is 78.3 cm³/mol. The molecule has 0 aliphatic carbocycles. The van der Waals surface area contributed by atoms with Crippen molar-refractivity contribution in [1.29, 1.82) is 0 Å². The maximum absolute atomic E-state index is 5.80. The number of methoxy groups -OCH3 is 1. The van der Waals surface area contributed by atoms with Crippen LogP contribution < -0.4 is 15.2 Å². The number of nitrogens with two attached hydrogens (primary N) is 1. The van der Waals surface area contributed by atoms with Crippen LogP contribution in [0.3, 0.4) is 0 Å². The smallest absolute Gasteiger partial charge is 0.165 e. The van der Waals surface area contributed by atoms with Gasteiger partial charge in [-0.15, -0.1) is 0 Å². The molecule has 0 heterocycles. The van der Waals surface area contributed by atoms with Crippen LogP contribution in [0.4, 0.5) is 0 Å². The van der Waals surface area contributed by atoms with Crippen molar-refractivity contribution >= 4 is 0 Å². The van der Waals surface area contributed by atoms with Crippen LogP contribution in [-0.4, -0.2) is 40.1 Å². The van der Waals surface area contributed by atoms with Gasteiger partial charge in [-0.25, -0.2) is 0 Å². The SMILES string of the molecule is CCOc1cccc(CN)c1OCCCOCCOC. The number of rotatable bonds is 11. The predicted octanol–water partition coefficient (Wildman–Crippen LogP) is 1.98. The van der Waals surface area contributed by atoms with Gasteiger partial charge in [-0.2, -0.15) is 0 Å². The van der Waals surface area contributed by atoms with Gasteiger partial charge in [0.1, 0.15) is 0 Å². The van der Waals surface area contributed by atoms with Gasteiger partial charge in [0.05, 0.1) is 26.4 Å². The first kappa shape index (κ1) is 16.8. The summed E-state index contributed by atoms with van der Waals surface area (Å²) < 4.78 is 21.7. The molecule has 0 fully saturated rings. The first-order chi connectivity index (χ1) is 9.83. The number of ether oxygens (including phenoxy) is 4. The van der Waals surface area contributed by atoms with Crippen molar-refractivity contribution in [2.45, 2.75) is 19.9 Å². The molecule has 0 aromatic heterocycles. The van der Waals surface area contributed by atoms with Gasteiger partial charge in [0.25, 0.3) is 0 Å². The lowest BCUT2D eigenvalue weighted by Gasteiger charge is -2.15.